The third kappa shape index (κ3) is 6.15. The highest BCUT2D eigenvalue weighted by Crippen LogP contribution is 2.37. The summed E-state index contributed by atoms with van der Waals surface area (Å²) in [7, 11) is 5.86. The normalized spacial score (nSPS) is 18.9. The fourth-order valence-electron chi connectivity index (χ4n) is 5.96. The van der Waals surface area contributed by atoms with Gasteiger partial charge in [0, 0.05) is 49.9 Å². The molecular formula is C30H38ClN7O. The highest BCUT2D eigenvalue weighted by molar-refractivity contribution is 6.36. The van der Waals surface area contributed by atoms with E-state index in [1.165, 1.54) is 31.5 Å². The SMILES string of the molecule is CN1CCCC1.COc1nc2c(c(N(C)CC3CCN(C#N)C3)n1)CCN(c1cccc3cccc(Cl)c13)C2. The Balaban J connectivity index is 0.000000455. The number of rotatable bonds is 5. The van der Waals surface area contributed by atoms with Gasteiger partial charge >= 0.3 is 6.01 Å². The first-order valence-corrected chi connectivity index (χ1v) is 14.2. The monoisotopic (exact) mass is 547 g/mol. The van der Waals surface area contributed by atoms with Gasteiger partial charge in [-0.3, -0.25) is 0 Å². The Morgan fingerprint density at radius 3 is 2.54 bits per heavy atom. The van der Waals surface area contributed by atoms with E-state index in [0.29, 0.717) is 18.5 Å². The minimum Gasteiger partial charge on any atom is -0.467 e. The number of likely N-dealkylation sites (tertiary alicyclic amines) is 2. The molecule has 0 spiro atoms. The molecule has 2 aromatic carbocycles. The first-order chi connectivity index (χ1) is 19.0. The molecule has 0 bridgehead atoms. The van der Waals surface area contributed by atoms with Gasteiger partial charge in [0.2, 0.25) is 0 Å². The summed E-state index contributed by atoms with van der Waals surface area (Å²) < 4.78 is 5.47. The zero-order chi connectivity index (χ0) is 27.4. The number of hydrogen-bond acceptors (Lipinski definition) is 8. The summed E-state index contributed by atoms with van der Waals surface area (Å²) in [4.78, 5) is 18.2. The predicted octanol–water partition coefficient (Wildman–Crippen LogP) is 4.81. The second-order valence-corrected chi connectivity index (χ2v) is 11.2. The van der Waals surface area contributed by atoms with Crippen molar-refractivity contribution >= 4 is 33.9 Å². The van der Waals surface area contributed by atoms with Gasteiger partial charge in [0.25, 0.3) is 0 Å². The summed E-state index contributed by atoms with van der Waals surface area (Å²) in [5, 5.41) is 12.1. The molecule has 6 rings (SSSR count). The summed E-state index contributed by atoms with van der Waals surface area (Å²) in [5.41, 5.74) is 3.29. The van der Waals surface area contributed by atoms with Crippen molar-refractivity contribution in [3.8, 4) is 12.2 Å². The molecule has 1 unspecified atom stereocenters. The first kappa shape index (κ1) is 27.3. The van der Waals surface area contributed by atoms with E-state index in [9.17, 15) is 5.26 Å². The molecule has 39 heavy (non-hydrogen) atoms. The number of halogens is 1. The van der Waals surface area contributed by atoms with Crippen LogP contribution >= 0.6 is 11.6 Å². The van der Waals surface area contributed by atoms with Crippen molar-refractivity contribution in [3.05, 3.63) is 52.7 Å². The number of fused-ring (bicyclic) bond motifs is 2. The third-order valence-electron chi connectivity index (χ3n) is 8.03. The number of aromatic nitrogens is 2. The van der Waals surface area contributed by atoms with E-state index in [2.05, 4.69) is 59.3 Å². The highest BCUT2D eigenvalue weighted by Gasteiger charge is 2.28. The minimum absolute atomic E-state index is 0.387. The molecule has 0 aliphatic carbocycles. The molecule has 9 heteroatoms. The third-order valence-corrected chi connectivity index (χ3v) is 8.34. The molecule has 0 amide bonds. The van der Waals surface area contributed by atoms with Crippen LogP contribution in [0.15, 0.2) is 36.4 Å². The molecule has 3 aromatic rings. The summed E-state index contributed by atoms with van der Waals surface area (Å²) >= 11 is 6.60. The van der Waals surface area contributed by atoms with Crippen molar-refractivity contribution in [1.29, 1.82) is 5.26 Å². The van der Waals surface area contributed by atoms with Gasteiger partial charge in [0.05, 0.1) is 24.4 Å². The Hall–Kier alpha value is -3.28. The minimum atomic E-state index is 0.387. The van der Waals surface area contributed by atoms with Gasteiger partial charge < -0.3 is 24.3 Å². The van der Waals surface area contributed by atoms with Crippen LogP contribution in [-0.4, -0.2) is 80.2 Å². The second kappa shape index (κ2) is 12.3. The smallest absolute Gasteiger partial charge is 0.318 e. The zero-order valence-electron chi connectivity index (χ0n) is 23.2. The lowest BCUT2D eigenvalue weighted by Gasteiger charge is -2.33. The molecule has 1 aromatic heterocycles. The molecule has 0 saturated carbocycles. The van der Waals surface area contributed by atoms with Gasteiger partial charge in [-0.1, -0.05) is 35.9 Å². The maximum atomic E-state index is 9.18. The van der Waals surface area contributed by atoms with Crippen LogP contribution in [0.2, 0.25) is 5.02 Å². The Labute approximate surface area is 236 Å². The van der Waals surface area contributed by atoms with Crippen molar-refractivity contribution < 1.29 is 4.74 Å². The summed E-state index contributed by atoms with van der Waals surface area (Å²) in [6.45, 7) is 6.67. The van der Waals surface area contributed by atoms with E-state index in [0.717, 1.165) is 72.0 Å². The molecule has 2 saturated heterocycles. The average Bonchev–Trinajstić information content (AvgIpc) is 3.63. The largest absolute Gasteiger partial charge is 0.467 e. The van der Waals surface area contributed by atoms with Crippen LogP contribution in [0.3, 0.4) is 0 Å². The number of ether oxygens (including phenoxy) is 1. The standard InChI is InChI=1S/C25H27ClN6O.C5H11N/c1-30(13-17-9-11-31(14-17)16-27)24-19-10-12-32(15-21(19)28-25(29-24)33-2)22-8-4-6-18-5-3-7-20(26)23(18)22;1-6-4-2-3-5-6/h3-8,17H,9-15H2,1-2H3;2-5H2,1H3. The van der Waals surface area contributed by atoms with E-state index in [4.69, 9.17) is 26.3 Å². The maximum absolute atomic E-state index is 9.18. The van der Waals surface area contributed by atoms with Crippen LogP contribution in [-0.2, 0) is 13.0 Å². The van der Waals surface area contributed by atoms with E-state index in [-0.39, 0.29) is 0 Å². The molecule has 0 N–H and O–H groups in total. The average molecular weight is 548 g/mol. The lowest BCUT2D eigenvalue weighted by atomic mass is 10.0. The van der Waals surface area contributed by atoms with Gasteiger partial charge in [0.1, 0.15) is 5.82 Å². The molecule has 0 radical (unpaired) electrons. The van der Waals surface area contributed by atoms with Gasteiger partial charge in [-0.25, -0.2) is 0 Å². The lowest BCUT2D eigenvalue weighted by Crippen LogP contribution is -2.35. The number of hydrogen-bond donors (Lipinski definition) is 0. The van der Waals surface area contributed by atoms with Crippen LogP contribution in [0.1, 0.15) is 30.5 Å². The number of anilines is 2. The van der Waals surface area contributed by atoms with E-state index in [1.54, 1.807) is 7.11 Å². The number of nitriles is 1. The highest BCUT2D eigenvalue weighted by atomic mass is 35.5. The van der Waals surface area contributed by atoms with Crippen molar-refractivity contribution in [3.63, 3.8) is 0 Å². The Morgan fingerprint density at radius 1 is 1.10 bits per heavy atom. The fourth-order valence-corrected chi connectivity index (χ4v) is 6.24. The lowest BCUT2D eigenvalue weighted by molar-refractivity contribution is 0.376. The van der Waals surface area contributed by atoms with E-state index in [1.807, 2.05) is 17.0 Å². The summed E-state index contributed by atoms with van der Waals surface area (Å²) in [5.74, 6) is 1.38. The zero-order valence-corrected chi connectivity index (χ0v) is 24.0. The summed E-state index contributed by atoms with van der Waals surface area (Å²) in [6, 6.07) is 12.7. The van der Waals surface area contributed by atoms with Crippen molar-refractivity contribution in [1.82, 2.24) is 19.8 Å². The number of methoxy groups -OCH3 is 1. The van der Waals surface area contributed by atoms with Crippen molar-refractivity contribution in [2.24, 2.45) is 5.92 Å². The van der Waals surface area contributed by atoms with Crippen LogP contribution in [0.4, 0.5) is 11.5 Å². The fraction of sp³-hybridized carbons (Fsp3) is 0.500. The van der Waals surface area contributed by atoms with Gasteiger partial charge in [-0.2, -0.15) is 15.2 Å². The van der Waals surface area contributed by atoms with Crippen molar-refractivity contribution in [2.75, 3.05) is 70.3 Å². The number of nitrogens with zero attached hydrogens (tertiary/aromatic N) is 7. The Morgan fingerprint density at radius 2 is 1.87 bits per heavy atom. The topological polar surface area (TPSA) is 71.8 Å². The van der Waals surface area contributed by atoms with Crippen LogP contribution in [0.25, 0.3) is 10.8 Å². The van der Waals surface area contributed by atoms with Crippen LogP contribution in [0.5, 0.6) is 6.01 Å². The second-order valence-electron chi connectivity index (χ2n) is 10.8. The van der Waals surface area contributed by atoms with Crippen molar-refractivity contribution in [2.45, 2.75) is 32.2 Å². The Bertz CT molecular complexity index is 1330. The molecule has 3 aliphatic heterocycles. The quantitative estimate of drug-likeness (QED) is 0.422. The van der Waals surface area contributed by atoms with Gasteiger partial charge in [0.15, 0.2) is 6.19 Å². The Kier molecular flexibility index (Phi) is 8.59. The molecular weight excluding hydrogens is 510 g/mol. The van der Waals surface area contributed by atoms with Crippen LogP contribution < -0.4 is 14.5 Å². The summed E-state index contributed by atoms with van der Waals surface area (Å²) in [6.07, 6.45) is 6.96. The molecule has 3 aliphatic rings. The molecule has 2 fully saturated rings. The predicted molar refractivity (Wildman–Crippen MR) is 158 cm³/mol. The number of benzene rings is 2. The maximum Gasteiger partial charge on any atom is 0.318 e. The molecule has 1 atom stereocenters. The van der Waals surface area contributed by atoms with Gasteiger partial charge in [-0.05, 0) is 69.3 Å². The van der Waals surface area contributed by atoms with E-state index >= 15 is 0 Å². The molecule has 8 nitrogen and oxygen atoms in total. The first-order valence-electron chi connectivity index (χ1n) is 13.9. The molecule has 4 heterocycles. The van der Waals surface area contributed by atoms with Crippen LogP contribution in [0, 0.1) is 17.4 Å². The van der Waals surface area contributed by atoms with Gasteiger partial charge in [-0.15, -0.1) is 0 Å². The van der Waals surface area contributed by atoms with E-state index < -0.39 is 0 Å². The molecule has 206 valence electrons.